The summed E-state index contributed by atoms with van der Waals surface area (Å²) in [6, 6.07) is 7.39. The molecular weight excluding hydrogens is 536 g/mol. The van der Waals surface area contributed by atoms with Crippen molar-refractivity contribution in [3.8, 4) is 11.5 Å². The number of halogens is 2. The highest BCUT2D eigenvalue weighted by Gasteiger charge is 2.23. The summed E-state index contributed by atoms with van der Waals surface area (Å²) in [7, 11) is 1.56. The molecule has 1 fully saturated rings. The van der Waals surface area contributed by atoms with Gasteiger partial charge in [0.25, 0.3) is 0 Å². The molecule has 0 aliphatic carbocycles. The van der Waals surface area contributed by atoms with Gasteiger partial charge in [-0.05, 0) is 44.0 Å². The Morgan fingerprint density at radius 3 is 2.93 bits per heavy atom. The highest BCUT2D eigenvalue weighted by molar-refractivity contribution is 5.93. The van der Waals surface area contributed by atoms with Gasteiger partial charge in [-0.25, -0.2) is 18.7 Å². The SMILES string of the molecule is COc1cc2c(Nc3cnn(CC(=O)Nc4cccc(F)c4F)c3)ncnc2cc1OCCCN1CCC[C@H]1CO. The second kappa shape index (κ2) is 12.9. The summed E-state index contributed by atoms with van der Waals surface area (Å²) in [5.41, 5.74) is 0.950. The standard InChI is InChI=1S/C28H31F2N7O4/c1-40-24-11-20-23(12-25(24)41-10-4-9-36-8-3-5-19(36)16-38)31-17-32-28(20)34-18-13-33-37(14-18)15-26(39)35-22-7-2-6-21(29)27(22)30/h2,6-7,11-14,17,19,38H,3-5,8-10,15-16H2,1H3,(H,35,39)(H,31,32,34)/t19-/m0/s1. The van der Waals surface area contributed by atoms with E-state index < -0.39 is 17.5 Å². The van der Waals surface area contributed by atoms with Crippen LogP contribution in [0.25, 0.3) is 10.9 Å². The Bertz CT molecular complexity index is 1520. The zero-order valence-electron chi connectivity index (χ0n) is 22.5. The molecule has 1 amide bonds. The van der Waals surface area contributed by atoms with Crippen molar-refractivity contribution in [2.24, 2.45) is 0 Å². The van der Waals surface area contributed by atoms with Crippen molar-refractivity contribution < 1.29 is 28.2 Å². The molecule has 1 saturated heterocycles. The van der Waals surface area contributed by atoms with E-state index >= 15 is 0 Å². The van der Waals surface area contributed by atoms with Crippen LogP contribution in [0.3, 0.4) is 0 Å². The smallest absolute Gasteiger partial charge is 0.246 e. The van der Waals surface area contributed by atoms with Crippen LogP contribution in [0.2, 0.25) is 0 Å². The number of ether oxygens (including phenoxy) is 2. The van der Waals surface area contributed by atoms with Crippen LogP contribution in [0, 0.1) is 11.6 Å². The molecule has 0 unspecified atom stereocenters. The number of aromatic nitrogens is 4. The number of aliphatic hydroxyl groups is 1. The molecule has 3 heterocycles. The van der Waals surface area contributed by atoms with E-state index in [2.05, 4.69) is 30.6 Å². The molecule has 3 N–H and O–H groups in total. The van der Waals surface area contributed by atoms with Crippen molar-refractivity contribution in [2.45, 2.75) is 31.8 Å². The molecule has 0 radical (unpaired) electrons. The number of nitrogens with one attached hydrogen (secondary N) is 2. The van der Waals surface area contributed by atoms with Gasteiger partial charge in [-0.3, -0.25) is 14.4 Å². The van der Waals surface area contributed by atoms with Crippen molar-refractivity contribution >= 4 is 34.0 Å². The third-order valence-electron chi connectivity index (χ3n) is 6.91. The lowest BCUT2D eigenvalue weighted by Gasteiger charge is -2.22. The van der Waals surface area contributed by atoms with Gasteiger partial charge >= 0.3 is 0 Å². The molecule has 1 aliphatic heterocycles. The van der Waals surface area contributed by atoms with Crippen molar-refractivity contribution in [1.29, 1.82) is 0 Å². The summed E-state index contributed by atoms with van der Waals surface area (Å²) in [6.45, 7) is 2.32. The van der Waals surface area contributed by atoms with Gasteiger partial charge < -0.3 is 25.2 Å². The van der Waals surface area contributed by atoms with E-state index in [1.807, 2.05) is 0 Å². The van der Waals surface area contributed by atoms with Crippen LogP contribution in [0.15, 0.2) is 49.1 Å². The number of carbonyl (C=O) groups is 1. The number of hydrogen-bond acceptors (Lipinski definition) is 9. The molecule has 1 aliphatic rings. The van der Waals surface area contributed by atoms with Gasteiger partial charge in [0.1, 0.15) is 18.7 Å². The van der Waals surface area contributed by atoms with Crippen LogP contribution in [0.5, 0.6) is 11.5 Å². The van der Waals surface area contributed by atoms with Gasteiger partial charge in [0.05, 0.1) is 43.4 Å². The fourth-order valence-electron chi connectivity index (χ4n) is 4.87. The molecular formula is C28H31F2N7O4. The van der Waals surface area contributed by atoms with Crippen molar-refractivity contribution in [3.63, 3.8) is 0 Å². The molecule has 13 heteroatoms. The molecule has 216 valence electrons. The minimum absolute atomic E-state index is 0.184. The van der Waals surface area contributed by atoms with Gasteiger partial charge in [0.2, 0.25) is 5.91 Å². The van der Waals surface area contributed by atoms with E-state index in [0.717, 1.165) is 38.4 Å². The normalized spacial score (nSPS) is 15.3. The summed E-state index contributed by atoms with van der Waals surface area (Å²) >= 11 is 0. The Morgan fingerprint density at radius 2 is 2.10 bits per heavy atom. The van der Waals surface area contributed by atoms with Gasteiger partial charge in [-0.15, -0.1) is 0 Å². The zero-order chi connectivity index (χ0) is 28.8. The van der Waals surface area contributed by atoms with Crippen LogP contribution in [-0.2, 0) is 11.3 Å². The second-order valence-corrected chi connectivity index (χ2v) is 9.66. The number of carbonyl (C=O) groups excluding carboxylic acids is 1. The van der Waals surface area contributed by atoms with E-state index in [-0.39, 0.29) is 24.9 Å². The van der Waals surface area contributed by atoms with Crippen LogP contribution in [0.1, 0.15) is 19.3 Å². The Hall–Kier alpha value is -4.36. The summed E-state index contributed by atoms with van der Waals surface area (Å²) in [5, 5.41) is 19.9. The first-order valence-electron chi connectivity index (χ1n) is 13.3. The first-order valence-corrected chi connectivity index (χ1v) is 13.3. The fraction of sp³-hybridized carbons (Fsp3) is 0.357. The van der Waals surface area contributed by atoms with Crippen molar-refractivity contribution in [1.82, 2.24) is 24.6 Å². The van der Waals surface area contributed by atoms with Crippen molar-refractivity contribution in [3.05, 3.63) is 60.7 Å². The number of anilines is 3. The second-order valence-electron chi connectivity index (χ2n) is 9.66. The maximum absolute atomic E-state index is 13.9. The molecule has 5 rings (SSSR count). The Morgan fingerprint density at radius 1 is 1.22 bits per heavy atom. The lowest BCUT2D eigenvalue weighted by molar-refractivity contribution is -0.116. The van der Waals surface area contributed by atoms with Crippen LogP contribution in [0.4, 0.5) is 26.0 Å². The van der Waals surface area contributed by atoms with Crippen LogP contribution >= 0.6 is 0 Å². The Kier molecular flexibility index (Phi) is 8.85. The van der Waals surface area contributed by atoms with E-state index in [9.17, 15) is 18.7 Å². The Balaban J connectivity index is 1.22. The first-order chi connectivity index (χ1) is 19.9. The maximum atomic E-state index is 13.9. The molecule has 0 spiro atoms. The fourth-order valence-corrected chi connectivity index (χ4v) is 4.87. The molecule has 2 aromatic carbocycles. The monoisotopic (exact) mass is 567 g/mol. The lowest BCUT2D eigenvalue weighted by atomic mass is 10.2. The number of benzene rings is 2. The largest absolute Gasteiger partial charge is 0.493 e. The van der Waals surface area contributed by atoms with Crippen LogP contribution < -0.4 is 20.1 Å². The molecule has 1 atom stereocenters. The van der Waals surface area contributed by atoms with E-state index in [1.54, 1.807) is 25.4 Å². The highest BCUT2D eigenvalue weighted by Crippen LogP contribution is 2.35. The summed E-state index contributed by atoms with van der Waals surface area (Å²) in [6.07, 6.45) is 7.48. The van der Waals surface area contributed by atoms with E-state index in [1.165, 1.54) is 29.3 Å². The minimum atomic E-state index is -1.12. The van der Waals surface area contributed by atoms with Gasteiger partial charge in [-0.1, -0.05) is 6.07 Å². The average Bonchev–Trinajstić information content (AvgIpc) is 3.62. The highest BCUT2D eigenvalue weighted by atomic mass is 19.2. The molecule has 41 heavy (non-hydrogen) atoms. The molecule has 4 aromatic rings. The zero-order valence-corrected chi connectivity index (χ0v) is 22.5. The third kappa shape index (κ3) is 6.69. The Labute approximate surface area is 235 Å². The third-order valence-corrected chi connectivity index (χ3v) is 6.91. The molecule has 11 nitrogen and oxygen atoms in total. The lowest BCUT2D eigenvalue weighted by Crippen LogP contribution is -2.33. The predicted octanol–water partition coefficient (Wildman–Crippen LogP) is 3.72. The molecule has 0 bridgehead atoms. The van der Waals surface area contributed by atoms with Gasteiger partial charge in [0.15, 0.2) is 23.1 Å². The number of amides is 1. The van der Waals surface area contributed by atoms with Gasteiger partial charge in [-0.2, -0.15) is 5.10 Å². The number of methoxy groups -OCH3 is 1. The van der Waals surface area contributed by atoms with E-state index in [4.69, 9.17) is 9.47 Å². The number of nitrogens with zero attached hydrogens (tertiary/aromatic N) is 5. The predicted molar refractivity (Wildman–Crippen MR) is 148 cm³/mol. The quantitative estimate of drug-likeness (QED) is 0.220. The topological polar surface area (TPSA) is 127 Å². The van der Waals surface area contributed by atoms with Crippen molar-refractivity contribution in [2.75, 3.05) is 44.0 Å². The number of aliphatic hydroxyl groups excluding tert-OH is 1. The summed E-state index contributed by atoms with van der Waals surface area (Å²) < 4.78 is 40.2. The number of rotatable bonds is 12. The summed E-state index contributed by atoms with van der Waals surface area (Å²) in [4.78, 5) is 23.4. The van der Waals surface area contributed by atoms with Gasteiger partial charge in [0, 0.05) is 30.2 Å². The summed E-state index contributed by atoms with van der Waals surface area (Å²) in [5.74, 6) is -1.14. The molecule has 0 saturated carbocycles. The van der Waals surface area contributed by atoms with Crippen LogP contribution in [-0.4, -0.2) is 75.1 Å². The number of fused-ring (bicyclic) bond motifs is 1. The number of likely N-dealkylation sites (tertiary alicyclic amines) is 1. The maximum Gasteiger partial charge on any atom is 0.246 e. The number of hydrogen-bond donors (Lipinski definition) is 3. The first kappa shape index (κ1) is 28.2. The molecule has 2 aromatic heterocycles. The minimum Gasteiger partial charge on any atom is -0.493 e. The average molecular weight is 568 g/mol. The van der Waals surface area contributed by atoms with E-state index in [0.29, 0.717) is 40.5 Å².